The molecule has 0 aliphatic carbocycles. The van der Waals surface area contributed by atoms with Gasteiger partial charge in [-0.2, -0.15) is 20.1 Å². The van der Waals surface area contributed by atoms with Gasteiger partial charge in [0.2, 0.25) is 17.8 Å². The number of hydrazone groups is 1. The molecule has 2 fully saturated rings. The Labute approximate surface area is 219 Å². The summed E-state index contributed by atoms with van der Waals surface area (Å²) in [7, 11) is 0. The maximum Gasteiger partial charge on any atom is 0.250 e. The van der Waals surface area contributed by atoms with E-state index in [0.29, 0.717) is 19.2 Å². The van der Waals surface area contributed by atoms with E-state index in [2.05, 4.69) is 46.2 Å². The molecule has 2 saturated heterocycles. The van der Waals surface area contributed by atoms with Crippen molar-refractivity contribution in [1.29, 1.82) is 0 Å². The molecule has 1 aromatic heterocycles. The van der Waals surface area contributed by atoms with Crippen LogP contribution in [0.25, 0.3) is 0 Å². The predicted molar refractivity (Wildman–Crippen MR) is 146 cm³/mol. The first kappa shape index (κ1) is 24.3. The monoisotopic (exact) mass is 551 g/mol. The fraction of sp³-hybridized carbons (Fsp3) is 0.385. The third kappa shape index (κ3) is 6.42. The van der Waals surface area contributed by atoms with Crippen LogP contribution in [-0.2, 0) is 0 Å². The van der Waals surface area contributed by atoms with Gasteiger partial charge in [-0.05, 0) is 62.1 Å². The van der Waals surface area contributed by atoms with Crippen molar-refractivity contribution in [3.63, 3.8) is 0 Å². The van der Waals surface area contributed by atoms with Gasteiger partial charge in [-0.3, -0.25) is 0 Å². The van der Waals surface area contributed by atoms with Crippen molar-refractivity contribution in [2.24, 2.45) is 5.10 Å². The van der Waals surface area contributed by atoms with Gasteiger partial charge in [-0.15, -0.1) is 0 Å². The Balaban J connectivity index is 1.22. The van der Waals surface area contributed by atoms with Crippen LogP contribution in [0, 0.1) is 0 Å². The van der Waals surface area contributed by atoms with E-state index in [1.807, 2.05) is 48.5 Å². The average molecular weight is 552 g/mol. The first-order valence-corrected chi connectivity index (χ1v) is 13.2. The van der Waals surface area contributed by atoms with Crippen LogP contribution in [0.3, 0.4) is 0 Å². The van der Waals surface area contributed by atoms with E-state index in [-0.39, 0.29) is 0 Å². The normalized spacial score (nSPS) is 15.6. The summed E-state index contributed by atoms with van der Waals surface area (Å²) < 4.78 is 12.7. The number of benzene rings is 2. The fourth-order valence-electron chi connectivity index (χ4n) is 4.24. The molecule has 2 aliphatic rings. The molecular weight excluding hydrogens is 522 g/mol. The lowest BCUT2D eigenvalue weighted by Gasteiger charge is -2.20. The van der Waals surface area contributed by atoms with Crippen LogP contribution in [0.1, 0.15) is 31.2 Å². The second kappa shape index (κ2) is 12.0. The molecule has 3 aromatic rings. The smallest absolute Gasteiger partial charge is 0.250 e. The number of ether oxygens (including phenoxy) is 2. The Kier molecular flexibility index (Phi) is 8.12. The number of hydrogen-bond donors (Lipinski definition) is 1. The molecule has 1 N–H and O–H groups in total. The number of para-hydroxylation sites is 1. The maximum absolute atomic E-state index is 5.95. The third-order valence-corrected chi connectivity index (χ3v) is 6.63. The van der Waals surface area contributed by atoms with Gasteiger partial charge in [0, 0.05) is 36.2 Å². The first-order valence-electron chi connectivity index (χ1n) is 12.4. The molecule has 0 spiro atoms. The summed E-state index contributed by atoms with van der Waals surface area (Å²) in [6.07, 6.45) is 6.38. The molecule has 2 aliphatic heterocycles. The van der Waals surface area contributed by atoms with Crippen LogP contribution < -0.4 is 24.7 Å². The van der Waals surface area contributed by atoms with Crippen molar-refractivity contribution in [3.05, 3.63) is 58.6 Å². The Morgan fingerprint density at radius 3 is 2.08 bits per heavy atom. The van der Waals surface area contributed by atoms with Crippen molar-refractivity contribution in [1.82, 2.24) is 15.0 Å². The molecule has 0 bridgehead atoms. The highest BCUT2D eigenvalue weighted by Crippen LogP contribution is 2.23. The summed E-state index contributed by atoms with van der Waals surface area (Å²) in [4.78, 5) is 18.5. The minimum atomic E-state index is 0.417. The number of anilines is 3. The molecule has 0 atom stereocenters. The Hall–Kier alpha value is -3.40. The first-order chi connectivity index (χ1) is 17.7. The highest BCUT2D eigenvalue weighted by molar-refractivity contribution is 9.10. The zero-order chi connectivity index (χ0) is 24.6. The van der Waals surface area contributed by atoms with Gasteiger partial charge in [0.05, 0.1) is 6.21 Å². The summed E-state index contributed by atoms with van der Waals surface area (Å²) in [6, 6.07) is 15.5. The lowest BCUT2D eigenvalue weighted by molar-refractivity contribution is 0.217. The van der Waals surface area contributed by atoms with Crippen molar-refractivity contribution in [3.8, 4) is 11.5 Å². The molecule has 0 amide bonds. The van der Waals surface area contributed by atoms with E-state index in [1.54, 1.807) is 6.21 Å². The lowest BCUT2D eigenvalue weighted by atomic mass is 10.2. The van der Waals surface area contributed by atoms with E-state index in [4.69, 9.17) is 14.5 Å². The number of nitrogens with zero attached hydrogens (tertiary/aromatic N) is 6. The van der Waals surface area contributed by atoms with Gasteiger partial charge in [-0.25, -0.2) is 5.43 Å². The highest BCUT2D eigenvalue weighted by Gasteiger charge is 2.21. The van der Waals surface area contributed by atoms with Gasteiger partial charge in [-0.1, -0.05) is 28.1 Å². The van der Waals surface area contributed by atoms with Gasteiger partial charge in [0.1, 0.15) is 24.7 Å². The molecule has 188 valence electrons. The van der Waals surface area contributed by atoms with Crippen LogP contribution in [0.2, 0.25) is 0 Å². The van der Waals surface area contributed by atoms with Crippen LogP contribution in [0.4, 0.5) is 17.8 Å². The molecule has 10 heteroatoms. The van der Waals surface area contributed by atoms with Crippen molar-refractivity contribution in [2.45, 2.75) is 25.7 Å². The van der Waals surface area contributed by atoms with Crippen LogP contribution in [0.15, 0.2) is 58.1 Å². The minimum Gasteiger partial charge on any atom is -0.490 e. The lowest BCUT2D eigenvalue weighted by Crippen LogP contribution is -2.25. The van der Waals surface area contributed by atoms with E-state index < -0.39 is 0 Å². The Morgan fingerprint density at radius 1 is 0.806 bits per heavy atom. The van der Waals surface area contributed by atoms with Crippen molar-refractivity contribution in [2.75, 3.05) is 54.6 Å². The molecule has 36 heavy (non-hydrogen) atoms. The molecule has 3 heterocycles. The Morgan fingerprint density at radius 2 is 1.42 bits per heavy atom. The minimum absolute atomic E-state index is 0.417. The number of hydrogen-bond acceptors (Lipinski definition) is 9. The predicted octanol–water partition coefficient (Wildman–Crippen LogP) is 4.74. The van der Waals surface area contributed by atoms with Crippen LogP contribution in [0.5, 0.6) is 11.5 Å². The number of nitrogens with one attached hydrogen (secondary N) is 1. The molecule has 5 rings (SSSR count). The zero-order valence-electron chi connectivity index (χ0n) is 20.1. The average Bonchev–Trinajstić information content (AvgIpc) is 3.64. The highest BCUT2D eigenvalue weighted by atomic mass is 79.9. The van der Waals surface area contributed by atoms with E-state index in [0.717, 1.165) is 85.3 Å². The summed E-state index contributed by atoms with van der Waals surface area (Å²) >= 11 is 3.43. The summed E-state index contributed by atoms with van der Waals surface area (Å²) in [5.74, 6) is 3.42. The molecular formula is C26H30BrN7O2. The van der Waals surface area contributed by atoms with Crippen LogP contribution >= 0.6 is 15.9 Å². The van der Waals surface area contributed by atoms with Gasteiger partial charge < -0.3 is 19.3 Å². The van der Waals surface area contributed by atoms with E-state index in [9.17, 15) is 0 Å². The molecule has 2 aromatic carbocycles. The summed E-state index contributed by atoms with van der Waals surface area (Å²) in [5.41, 5.74) is 3.86. The quantitative estimate of drug-likeness (QED) is 0.219. The summed E-state index contributed by atoms with van der Waals surface area (Å²) in [6.45, 7) is 4.75. The van der Waals surface area contributed by atoms with E-state index in [1.165, 1.54) is 0 Å². The molecule has 0 unspecified atom stereocenters. The largest absolute Gasteiger partial charge is 0.490 e. The van der Waals surface area contributed by atoms with Crippen molar-refractivity contribution >= 4 is 40.0 Å². The van der Waals surface area contributed by atoms with Crippen molar-refractivity contribution < 1.29 is 9.47 Å². The SMILES string of the molecule is Brc1ccc(OCCOc2ccccc2C=NNc2nc(N3CCCC3)nc(N3CCCC3)n2)cc1. The van der Waals surface area contributed by atoms with E-state index >= 15 is 0 Å². The number of halogens is 1. The standard InChI is InChI=1S/C26H30BrN7O2/c27-21-9-11-22(12-10-21)35-17-18-36-23-8-2-1-7-20(23)19-28-32-24-29-25(33-13-3-4-14-33)31-26(30-24)34-15-5-6-16-34/h1-2,7-12,19H,3-6,13-18H2,(H,29,30,31,32). The fourth-order valence-corrected chi connectivity index (χ4v) is 4.51. The van der Waals surface area contributed by atoms with Gasteiger partial charge >= 0.3 is 0 Å². The zero-order valence-corrected chi connectivity index (χ0v) is 21.7. The molecule has 0 saturated carbocycles. The topological polar surface area (TPSA) is 88.0 Å². The Bertz CT molecular complexity index is 1130. The number of rotatable bonds is 10. The maximum atomic E-state index is 5.95. The number of aromatic nitrogens is 3. The molecule has 0 radical (unpaired) electrons. The second-order valence-corrected chi connectivity index (χ2v) is 9.62. The third-order valence-electron chi connectivity index (χ3n) is 6.10. The second-order valence-electron chi connectivity index (χ2n) is 8.71. The van der Waals surface area contributed by atoms with Gasteiger partial charge in [0.15, 0.2) is 0 Å². The summed E-state index contributed by atoms with van der Waals surface area (Å²) in [5, 5.41) is 4.41. The van der Waals surface area contributed by atoms with Gasteiger partial charge in [0.25, 0.3) is 0 Å². The van der Waals surface area contributed by atoms with Crippen LogP contribution in [-0.4, -0.2) is 60.6 Å². The molecule has 9 nitrogen and oxygen atoms in total.